The maximum atomic E-state index is 13.8. The van der Waals surface area contributed by atoms with Crippen LogP contribution in [0.3, 0.4) is 0 Å². The average Bonchev–Trinajstić information content (AvgIpc) is 2.70. The molecule has 2 heteroatoms. The highest BCUT2D eigenvalue weighted by Gasteiger charge is 2.25. The number of hydrogen-bond donors (Lipinski definition) is 0. The first kappa shape index (κ1) is 17.2. The van der Waals surface area contributed by atoms with Crippen molar-refractivity contribution in [2.24, 2.45) is 0 Å². The van der Waals surface area contributed by atoms with Crippen LogP contribution in [0.5, 0.6) is 0 Å². The van der Waals surface area contributed by atoms with E-state index in [1.54, 1.807) is 0 Å². The first-order chi connectivity index (χ1) is 12.3. The van der Waals surface area contributed by atoms with Crippen LogP contribution in [0, 0.1) is 0 Å². The Kier molecular flexibility index (Phi) is 5.82. The Labute approximate surface area is 149 Å². The van der Waals surface area contributed by atoms with E-state index < -0.39 is 7.14 Å². The molecule has 0 N–H and O–H groups in total. The van der Waals surface area contributed by atoms with Gasteiger partial charge >= 0.3 is 0 Å². The van der Waals surface area contributed by atoms with Gasteiger partial charge in [-0.2, -0.15) is 0 Å². The Hall–Kier alpha value is -2.63. The first-order valence-corrected chi connectivity index (χ1v) is 10.3. The monoisotopic (exact) mass is 344 g/mol. The van der Waals surface area contributed by atoms with Crippen LogP contribution in [0.15, 0.2) is 109 Å². The Morgan fingerprint density at radius 2 is 1.12 bits per heavy atom. The number of allylic oxidation sites excluding steroid dienone is 3. The van der Waals surface area contributed by atoms with Gasteiger partial charge in [0.2, 0.25) is 0 Å². The summed E-state index contributed by atoms with van der Waals surface area (Å²) in [5.41, 5.74) is 1.15. The van der Waals surface area contributed by atoms with Crippen molar-refractivity contribution < 1.29 is 4.57 Å². The lowest BCUT2D eigenvalue weighted by molar-refractivity contribution is 0.588. The van der Waals surface area contributed by atoms with Crippen LogP contribution in [0.2, 0.25) is 0 Å². The average molecular weight is 344 g/mol. The second-order valence-corrected chi connectivity index (χ2v) is 8.67. The molecule has 0 aliphatic carbocycles. The maximum absolute atomic E-state index is 13.8. The summed E-state index contributed by atoms with van der Waals surface area (Å²) in [6, 6.07) is 29.7. The largest absolute Gasteiger partial charge is 0.313 e. The minimum absolute atomic E-state index is 0.514. The van der Waals surface area contributed by atoms with Crippen LogP contribution in [-0.2, 0) is 4.57 Å². The smallest absolute Gasteiger partial charge is 0.146 e. The van der Waals surface area contributed by atoms with E-state index in [0.717, 1.165) is 16.2 Å². The third kappa shape index (κ3) is 4.47. The van der Waals surface area contributed by atoms with Crippen molar-refractivity contribution in [2.45, 2.75) is 0 Å². The molecule has 0 heterocycles. The van der Waals surface area contributed by atoms with Crippen LogP contribution in [0.1, 0.15) is 5.56 Å². The Bertz CT molecular complexity index is 838. The normalized spacial score (nSPS) is 12.0. The summed E-state index contributed by atoms with van der Waals surface area (Å²) in [4.78, 5) is 0. The minimum atomic E-state index is -2.66. The molecule has 0 amide bonds. The molecule has 0 saturated carbocycles. The Morgan fingerprint density at radius 1 is 0.640 bits per heavy atom. The third-order valence-electron chi connectivity index (χ3n) is 4.04. The van der Waals surface area contributed by atoms with Crippen LogP contribution >= 0.6 is 7.14 Å². The van der Waals surface area contributed by atoms with Crippen molar-refractivity contribution in [1.29, 1.82) is 0 Å². The zero-order valence-corrected chi connectivity index (χ0v) is 14.9. The standard InChI is InChI=1S/C23H21OP/c24-25(22-16-8-2-9-17-22,23-18-10-3-11-19-23)20-12-4-7-15-21-13-5-1-6-14-21/h1-19H,20H2/b12-4+,15-7+. The van der Waals surface area contributed by atoms with Crippen molar-refractivity contribution in [3.05, 3.63) is 115 Å². The molecule has 0 unspecified atom stereocenters. The number of rotatable bonds is 6. The summed E-state index contributed by atoms with van der Waals surface area (Å²) in [6.07, 6.45) is 8.54. The van der Waals surface area contributed by atoms with Gasteiger partial charge in [-0.25, -0.2) is 0 Å². The van der Waals surface area contributed by atoms with Crippen LogP contribution < -0.4 is 10.6 Å². The molecular weight excluding hydrogens is 323 g/mol. The van der Waals surface area contributed by atoms with Crippen molar-refractivity contribution in [2.75, 3.05) is 6.16 Å². The molecular formula is C23H21OP. The highest BCUT2D eigenvalue weighted by atomic mass is 31.2. The highest BCUT2D eigenvalue weighted by molar-refractivity contribution is 7.78. The Balaban J connectivity index is 1.81. The van der Waals surface area contributed by atoms with Crippen LogP contribution in [0.25, 0.3) is 6.08 Å². The number of hydrogen-bond acceptors (Lipinski definition) is 1. The predicted octanol–water partition coefficient (Wildman–Crippen LogP) is 5.27. The molecule has 124 valence electrons. The van der Waals surface area contributed by atoms with Crippen molar-refractivity contribution in [3.8, 4) is 0 Å². The van der Waals surface area contributed by atoms with Gasteiger partial charge in [0.1, 0.15) is 7.14 Å². The molecule has 25 heavy (non-hydrogen) atoms. The van der Waals surface area contributed by atoms with E-state index in [9.17, 15) is 4.57 Å². The van der Waals surface area contributed by atoms with Gasteiger partial charge in [0.05, 0.1) is 0 Å². The van der Waals surface area contributed by atoms with E-state index in [1.165, 1.54) is 0 Å². The lowest BCUT2D eigenvalue weighted by atomic mass is 10.2. The summed E-state index contributed by atoms with van der Waals surface area (Å²) in [7, 11) is -2.66. The quantitative estimate of drug-likeness (QED) is 0.440. The van der Waals surface area contributed by atoms with E-state index in [-0.39, 0.29) is 0 Å². The van der Waals surface area contributed by atoms with Gasteiger partial charge in [0.25, 0.3) is 0 Å². The third-order valence-corrected chi connectivity index (χ3v) is 7.03. The lowest BCUT2D eigenvalue weighted by Crippen LogP contribution is -2.17. The second-order valence-electron chi connectivity index (χ2n) is 5.79. The zero-order chi connectivity index (χ0) is 17.4. The zero-order valence-electron chi connectivity index (χ0n) is 14.0. The Morgan fingerprint density at radius 3 is 1.64 bits per heavy atom. The fraction of sp³-hybridized carbons (Fsp3) is 0.0435. The molecule has 3 rings (SSSR count). The summed E-state index contributed by atoms with van der Waals surface area (Å²) < 4.78 is 13.8. The molecule has 0 bridgehead atoms. The molecule has 3 aromatic carbocycles. The minimum Gasteiger partial charge on any atom is -0.313 e. The van der Waals surface area contributed by atoms with E-state index in [4.69, 9.17) is 0 Å². The second kappa shape index (κ2) is 8.46. The van der Waals surface area contributed by atoms with Crippen LogP contribution in [0.4, 0.5) is 0 Å². The highest BCUT2D eigenvalue weighted by Crippen LogP contribution is 2.43. The summed E-state index contributed by atoms with van der Waals surface area (Å²) in [5, 5.41) is 1.80. The van der Waals surface area contributed by atoms with Gasteiger partial charge < -0.3 is 4.57 Å². The molecule has 0 saturated heterocycles. The van der Waals surface area contributed by atoms with Gasteiger partial charge in [-0.1, -0.05) is 115 Å². The van der Waals surface area contributed by atoms with Crippen molar-refractivity contribution in [3.63, 3.8) is 0 Å². The van der Waals surface area contributed by atoms with Gasteiger partial charge in [-0.3, -0.25) is 0 Å². The summed E-state index contributed by atoms with van der Waals surface area (Å²) in [6.45, 7) is 0. The molecule has 0 atom stereocenters. The summed E-state index contributed by atoms with van der Waals surface area (Å²) >= 11 is 0. The molecule has 0 aliphatic rings. The topological polar surface area (TPSA) is 17.1 Å². The van der Waals surface area contributed by atoms with Gasteiger partial charge in [0.15, 0.2) is 0 Å². The van der Waals surface area contributed by atoms with Crippen LogP contribution in [-0.4, -0.2) is 6.16 Å². The number of benzene rings is 3. The van der Waals surface area contributed by atoms with Gasteiger partial charge in [-0.15, -0.1) is 0 Å². The summed E-state index contributed by atoms with van der Waals surface area (Å²) in [5.74, 6) is 0. The molecule has 0 aliphatic heterocycles. The van der Waals surface area contributed by atoms with Crippen molar-refractivity contribution in [1.82, 2.24) is 0 Å². The van der Waals surface area contributed by atoms with E-state index >= 15 is 0 Å². The molecule has 1 nitrogen and oxygen atoms in total. The predicted molar refractivity (Wildman–Crippen MR) is 109 cm³/mol. The van der Waals surface area contributed by atoms with Crippen molar-refractivity contribution >= 4 is 23.8 Å². The van der Waals surface area contributed by atoms with Gasteiger partial charge in [-0.05, 0) is 5.56 Å². The fourth-order valence-corrected chi connectivity index (χ4v) is 5.16. The molecule has 0 aromatic heterocycles. The molecule has 3 aromatic rings. The molecule has 0 fully saturated rings. The fourth-order valence-electron chi connectivity index (χ4n) is 2.72. The molecule has 0 spiro atoms. The lowest BCUT2D eigenvalue weighted by Gasteiger charge is -2.17. The first-order valence-electron chi connectivity index (χ1n) is 8.37. The SMILES string of the molecule is O=P(C/C=C/C=C/c1ccccc1)(c1ccccc1)c1ccccc1. The van der Waals surface area contributed by atoms with E-state index in [0.29, 0.717) is 6.16 Å². The maximum Gasteiger partial charge on any atom is 0.146 e. The molecule has 0 radical (unpaired) electrons. The van der Waals surface area contributed by atoms with E-state index in [1.807, 2.05) is 103 Å². The van der Waals surface area contributed by atoms with E-state index in [2.05, 4.69) is 12.1 Å². The van der Waals surface area contributed by atoms with Gasteiger partial charge in [0, 0.05) is 16.8 Å².